The predicted octanol–water partition coefficient (Wildman–Crippen LogP) is 4.91. The van der Waals surface area contributed by atoms with Crippen LogP contribution in [-0.4, -0.2) is 26.0 Å². The minimum atomic E-state index is -3.93. The first-order valence-corrected chi connectivity index (χ1v) is 11.4. The van der Waals surface area contributed by atoms with Crippen molar-refractivity contribution < 1.29 is 22.3 Å². The molecule has 0 atom stereocenters. The number of ether oxygens (including phenoxy) is 1. The van der Waals surface area contributed by atoms with E-state index in [1.807, 2.05) is 0 Å². The normalized spacial score (nSPS) is 11.5. The highest BCUT2D eigenvalue weighted by Crippen LogP contribution is 2.31. The van der Waals surface area contributed by atoms with Gasteiger partial charge in [-0.2, -0.15) is 0 Å². The van der Waals surface area contributed by atoms with E-state index in [1.54, 1.807) is 47.0 Å². The minimum Gasteiger partial charge on any atom is -0.495 e. The second kappa shape index (κ2) is 8.64. The number of anilines is 1. The van der Waals surface area contributed by atoms with E-state index in [9.17, 15) is 17.6 Å². The summed E-state index contributed by atoms with van der Waals surface area (Å²) in [5, 5.41) is 3.63. The highest BCUT2D eigenvalue weighted by Gasteiger charge is 2.24. The lowest BCUT2D eigenvalue weighted by Gasteiger charge is -2.11. The zero-order valence-electron chi connectivity index (χ0n) is 16.9. The molecule has 1 N–H and O–H groups in total. The summed E-state index contributed by atoms with van der Waals surface area (Å²) in [7, 11) is -2.45. The van der Waals surface area contributed by atoms with Gasteiger partial charge in [-0.3, -0.25) is 4.79 Å². The van der Waals surface area contributed by atoms with Crippen LogP contribution in [0, 0.1) is 5.82 Å². The number of aromatic nitrogens is 1. The highest BCUT2D eigenvalue weighted by molar-refractivity contribution is 7.91. The second-order valence-electron chi connectivity index (χ2n) is 6.99. The van der Waals surface area contributed by atoms with Crippen molar-refractivity contribution in [3.8, 4) is 5.75 Å². The molecule has 3 aromatic carbocycles. The molecule has 0 fully saturated rings. The molecule has 6 nitrogen and oxygen atoms in total. The van der Waals surface area contributed by atoms with E-state index in [4.69, 9.17) is 16.3 Å². The number of hydrogen-bond acceptors (Lipinski definition) is 4. The van der Waals surface area contributed by atoms with Crippen LogP contribution in [0.4, 0.5) is 10.1 Å². The Hall–Kier alpha value is -3.36. The van der Waals surface area contributed by atoms with Crippen LogP contribution in [0.15, 0.2) is 82.7 Å². The van der Waals surface area contributed by atoms with Gasteiger partial charge in [0.05, 0.1) is 22.6 Å². The van der Waals surface area contributed by atoms with Crippen LogP contribution in [0.25, 0.3) is 10.9 Å². The molecule has 9 heteroatoms. The number of fused-ring (bicyclic) bond motifs is 1. The molecule has 0 spiro atoms. The van der Waals surface area contributed by atoms with Crippen molar-refractivity contribution in [2.24, 2.45) is 0 Å². The van der Waals surface area contributed by atoms with Gasteiger partial charge in [-0.15, -0.1) is 0 Å². The summed E-state index contributed by atoms with van der Waals surface area (Å²) in [4.78, 5) is 12.8. The number of amides is 1. The van der Waals surface area contributed by atoms with Gasteiger partial charge in [0.2, 0.25) is 15.7 Å². The number of nitrogens with zero attached hydrogens (tertiary/aromatic N) is 1. The van der Waals surface area contributed by atoms with Crippen molar-refractivity contribution in [2.45, 2.75) is 16.3 Å². The van der Waals surface area contributed by atoms with Gasteiger partial charge >= 0.3 is 0 Å². The Morgan fingerprint density at radius 3 is 2.53 bits per heavy atom. The standard InChI is InChI=1S/C23H18ClFN2O4S/c1-31-21-11-6-15(24)12-19(21)26-23(28)14-27-13-22(18-4-2-3-5-20(18)27)32(29,30)17-9-7-16(25)8-10-17/h2-13H,14H2,1H3,(H,26,28). The summed E-state index contributed by atoms with van der Waals surface area (Å²) in [5.41, 5.74) is 0.974. The molecule has 0 saturated heterocycles. The maximum absolute atomic E-state index is 13.3. The summed E-state index contributed by atoms with van der Waals surface area (Å²) in [6.45, 7) is -0.144. The van der Waals surface area contributed by atoms with Crippen molar-refractivity contribution in [1.29, 1.82) is 0 Å². The monoisotopic (exact) mass is 472 g/mol. The van der Waals surface area contributed by atoms with Crippen LogP contribution in [-0.2, 0) is 21.2 Å². The Kier molecular flexibility index (Phi) is 5.90. The Labute approximate surface area is 189 Å². The third-order valence-corrected chi connectivity index (χ3v) is 6.95. The van der Waals surface area contributed by atoms with Gasteiger partial charge in [0, 0.05) is 22.1 Å². The maximum Gasteiger partial charge on any atom is 0.244 e. The Bertz CT molecular complexity index is 1420. The molecule has 32 heavy (non-hydrogen) atoms. The largest absolute Gasteiger partial charge is 0.495 e. The topological polar surface area (TPSA) is 77.4 Å². The van der Waals surface area contributed by atoms with Gasteiger partial charge in [-0.05, 0) is 48.5 Å². The molecule has 0 radical (unpaired) electrons. The Morgan fingerprint density at radius 1 is 1.09 bits per heavy atom. The highest BCUT2D eigenvalue weighted by atomic mass is 35.5. The zero-order chi connectivity index (χ0) is 22.9. The third-order valence-electron chi connectivity index (χ3n) is 4.92. The molecule has 0 aliphatic heterocycles. The predicted molar refractivity (Wildman–Crippen MR) is 120 cm³/mol. The molecule has 0 saturated carbocycles. The molecule has 4 rings (SSSR count). The Morgan fingerprint density at radius 2 is 1.81 bits per heavy atom. The fourth-order valence-electron chi connectivity index (χ4n) is 3.42. The van der Waals surface area contributed by atoms with E-state index in [0.29, 0.717) is 27.4 Å². The van der Waals surface area contributed by atoms with Gasteiger partial charge in [-0.1, -0.05) is 29.8 Å². The van der Waals surface area contributed by atoms with Crippen LogP contribution in [0.2, 0.25) is 5.02 Å². The molecular weight excluding hydrogens is 455 g/mol. The number of benzene rings is 3. The van der Waals surface area contributed by atoms with E-state index in [-0.39, 0.29) is 16.3 Å². The molecule has 4 aromatic rings. The van der Waals surface area contributed by atoms with Crippen molar-refractivity contribution >= 4 is 43.9 Å². The van der Waals surface area contributed by atoms with E-state index < -0.39 is 21.6 Å². The number of rotatable bonds is 6. The number of halogens is 2. The number of sulfone groups is 1. The van der Waals surface area contributed by atoms with Crippen molar-refractivity contribution in [2.75, 3.05) is 12.4 Å². The van der Waals surface area contributed by atoms with Crippen LogP contribution in [0.1, 0.15) is 0 Å². The van der Waals surface area contributed by atoms with Gasteiger partial charge in [0.1, 0.15) is 18.1 Å². The quantitative estimate of drug-likeness (QED) is 0.404. The summed E-state index contributed by atoms with van der Waals surface area (Å²) in [5.74, 6) is -0.476. The summed E-state index contributed by atoms with van der Waals surface area (Å²) >= 11 is 6.01. The average molecular weight is 473 g/mol. The first-order chi connectivity index (χ1) is 15.3. The first-order valence-electron chi connectivity index (χ1n) is 9.51. The van der Waals surface area contributed by atoms with Crippen LogP contribution < -0.4 is 10.1 Å². The number of methoxy groups -OCH3 is 1. The van der Waals surface area contributed by atoms with Crippen molar-refractivity contribution in [3.05, 3.63) is 83.8 Å². The number of carbonyl (C=O) groups is 1. The van der Waals surface area contributed by atoms with Gasteiger partial charge in [0.25, 0.3) is 0 Å². The van der Waals surface area contributed by atoms with Gasteiger partial charge in [-0.25, -0.2) is 12.8 Å². The molecule has 0 aliphatic rings. The molecule has 164 valence electrons. The molecule has 1 heterocycles. The summed E-state index contributed by atoms with van der Waals surface area (Å²) in [6, 6.07) is 16.3. The molecule has 1 amide bonds. The number of carbonyl (C=O) groups excluding carboxylic acids is 1. The fourth-order valence-corrected chi connectivity index (χ4v) is 5.07. The van der Waals surface area contributed by atoms with E-state index in [0.717, 1.165) is 12.1 Å². The van der Waals surface area contributed by atoms with Crippen LogP contribution in [0.5, 0.6) is 5.75 Å². The van der Waals surface area contributed by atoms with E-state index in [2.05, 4.69) is 5.32 Å². The zero-order valence-corrected chi connectivity index (χ0v) is 18.5. The molecule has 0 aliphatic carbocycles. The summed E-state index contributed by atoms with van der Waals surface area (Å²) in [6.07, 6.45) is 1.41. The molecule has 1 aromatic heterocycles. The van der Waals surface area contributed by atoms with E-state index in [1.165, 1.54) is 25.4 Å². The summed E-state index contributed by atoms with van der Waals surface area (Å²) < 4.78 is 46.5. The van der Waals surface area contributed by atoms with Crippen molar-refractivity contribution in [1.82, 2.24) is 4.57 Å². The lowest BCUT2D eigenvalue weighted by molar-refractivity contribution is -0.116. The van der Waals surface area contributed by atoms with Gasteiger partial charge in [0.15, 0.2) is 0 Å². The number of para-hydroxylation sites is 1. The van der Waals surface area contributed by atoms with Crippen LogP contribution >= 0.6 is 11.6 Å². The SMILES string of the molecule is COc1ccc(Cl)cc1NC(=O)Cn1cc(S(=O)(=O)c2ccc(F)cc2)c2ccccc21. The maximum atomic E-state index is 13.3. The number of hydrogen-bond donors (Lipinski definition) is 1. The lowest BCUT2D eigenvalue weighted by Crippen LogP contribution is -2.18. The molecular formula is C23H18ClFN2O4S. The smallest absolute Gasteiger partial charge is 0.244 e. The van der Waals surface area contributed by atoms with Crippen molar-refractivity contribution in [3.63, 3.8) is 0 Å². The minimum absolute atomic E-state index is 0.0325. The number of nitrogens with one attached hydrogen (secondary N) is 1. The molecule has 0 unspecified atom stereocenters. The Balaban J connectivity index is 1.70. The van der Waals surface area contributed by atoms with Crippen LogP contribution in [0.3, 0.4) is 0 Å². The second-order valence-corrected chi connectivity index (χ2v) is 9.34. The average Bonchev–Trinajstić information content (AvgIpc) is 3.13. The van der Waals surface area contributed by atoms with Gasteiger partial charge < -0.3 is 14.6 Å². The van der Waals surface area contributed by atoms with E-state index >= 15 is 0 Å². The molecule has 0 bridgehead atoms. The lowest BCUT2D eigenvalue weighted by atomic mass is 10.2. The third kappa shape index (κ3) is 4.19. The first kappa shape index (κ1) is 21.9. The fraction of sp³-hybridized carbons (Fsp3) is 0.0870.